The first-order valence-electron chi connectivity index (χ1n) is 5.68. The van der Waals surface area contributed by atoms with Crippen LogP contribution >= 0.6 is 0 Å². The molecule has 0 saturated heterocycles. The van der Waals surface area contributed by atoms with Crippen molar-refractivity contribution >= 4 is 11.8 Å². The summed E-state index contributed by atoms with van der Waals surface area (Å²) < 4.78 is 5.28. The average Bonchev–Trinajstić information content (AvgIpc) is 2.58. The fourth-order valence-corrected chi connectivity index (χ4v) is 1.88. The lowest BCUT2D eigenvalue weighted by Crippen LogP contribution is -2.41. The third kappa shape index (κ3) is 2.35. The second-order valence-electron chi connectivity index (χ2n) is 5.14. The van der Waals surface area contributed by atoms with E-state index in [1.54, 1.807) is 20.8 Å². The minimum atomic E-state index is -0.558. The van der Waals surface area contributed by atoms with Crippen molar-refractivity contribution in [1.82, 2.24) is 10.2 Å². The maximum Gasteiger partial charge on any atom is 0.415 e. The molecule has 94 valence electrons. The summed E-state index contributed by atoms with van der Waals surface area (Å²) in [5.74, 6) is 0. The Morgan fingerprint density at radius 2 is 2.06 bits per heavy atom. The van der Waals surface area contributed by atoms with Gasteiger partial charge in [0.05, 0.1) is 5.69 Å². The van der Waals surface area contributed by atoms with E-state index in [0.29, 0.717) is 12.2 Å². The molecule has 2 N–H and O–H groups in total. The van der Waals surface area contributed by atoms with E-state index < -0.39 is 11.7 Å². The van der Waals surface area contributed by atoms with E-state index in [-0.39, 0.29) is 5.56 Å². The third-order valence-electron chi connectivity index (χ3n) is 2.52. The van der Waals surface area contributed by atoms with E-state index in [2.05, 4.69) is 10.2 Å². The normalized spacial score (nSPS) is 15.6. The summed E-state index contributed by atoms with van der Waals surface area (Å²) in [7, 11) is 0. The monoisotopic (exact) mass is 239 g/mol. The Morgan fingerprint density at radius 1 is 1.35 bits per heavy atom. The predicted molar refractivity (Wildman–Crippen MR) is 63.3 cm³/mol. The molecule has 0 bridgehead atoms. The van der Waals surface area contributed by atoms with Crippen LogP contribution in [0.5, 0.6) is 0 Å². The highest BCUT2D eigenvalue weighted by molar-refractivity contribution is 5.88. The Bertz CT molecular complexity index is 481. The Morgan fingerprint density at radius 3 is 2.71 bits per heavy atom. The molecule has 0 saturated carbocycles. The fourth-order valence-electron chi connectivity index (χ4n) is 1.88. The molecule has 0 radical (unpaired) electrons. The third-order valence-corrected chi connectivity index (χ3v) is 2.52. The number of aromatic nitrogens is 2. The van der Waals surface area contributed by atoms with Crippen LogP contribution in [0.4, 0.5) is 10.5 Å². The lowest BCUT2D eigenvalue weighted by Gasteiger charge is -2.28. The zero-order chi connectivity index (χ0) is 12.6. The second-order valence-corrected chi connectivity index (χ2v) is 5.14. The number of aryl methyl sites for hydroxylation is 1. The molecule has 6 nitrogen and oxygen atoms in total. The SMILES string of the molecule is CC(C)(C)OC(=O)N1CCCc2[nH][nH]c(=O)c21. The van der Waals surface area contributed by atoms with Gasteiger partial charge in [0.15, 0.2) is 0 Å². The molecule has 0 spiro atoms. The minimum Gasteiger partial charge on any atom is -0.443 e. The van der Waals surface area contributed by atoms with Crippen molar-refractivity contribution in [2.75, 3.05) is 11.4 Å². The zero-order valence-electron chi connectivity index (χ0n) is 10.3. The summed E-state index contributed by atoms with van der Waals surface area (Å²) in [6.07, 6.45) is 1.12. The molecule has 1 aliphatic heterocycles. The first-order chi connectivity index (χ1) is 7.88. The number of amides is 1. The van der Waals surface area contributed by atoms with Crippen LogP contribution < -0.4 is 10.5 Å². The quantitative estimate of drug-likeness (QED) is 0.718. The van der Waals surface area contributed by atoms with E-state index in [4.69, 9.17) is 4.74 Å². The number of rotatable bonds is 0. The Hall–Kier alpha value is -1.72. The van der Waals surface area contributed by atoms with Crippen LogP contribution in [0.1, 0.15) is 32.9 Å². The fraction of sp³-hybridized carbons (Fsp3) is 0.636. The van der Waals surface area contributed by atoms with Crippen LogP contribution in [0.15, 0.2) is 4.79 Å². The topological polar surface area (TPSA) is 78.2 Å². The van der Waals surface area contributed by atoms with Gasteiger partial charge in [-0.05, 0) is 33.6 Å². The molecule has 2 rings (SSSR count). The van der Waals surface area contributed by atoms with E-state index >= 15 is 0 Å². The lowest BCUT2D eigenvalue weighted by molar-refractivity contribution is 0.0577. The molecular weight excluding hydrogens is 222 g/mol. The second kappa shape index (κ2) is 3.94. The number of hydrogen-bond donors (Lipinski definition) is 2. The Balaban J connectivity index is 2.27. The van der Waals surface area contributed by atoms with Crippen molar-refractivity contribution in [3.63, 3.8) is 0 Å². The maximum absolute atomic E-state index is 12.0. The summed E-state index contributed by atoms with van der Waals surface area (Å²) in [6.45, 7) is 5.92. The first kappa shape index (κ1) is 11.8. The van der Waals surface area contributed by atoms with Crippen molar-refractivity contribution in [3.8, 4) is 0 Å². The summed E-state index contributed by atoms with van der Waals surface area (Å²) in [6, 6.07) is 0. The number of ether oxygens (including phenoxy) is 1. The van der Waals surface area contributed by atoms with Gasteiger partial charge in [0, 0.05) is 6.54 Å². The van der Waals surface area contributed by atoms with Gasteiger partial charge in [0.2, 0.25) is 0 Å². The van der Waals surface area contributed by atoms with Crippen molar-refractivity contribution in [1.29, 1.82) is 0 Å². The number of carbonyl (C=O) groups excluding carboxylic acids is 1. The summed E-state index contributed by atoms with van der Waals surface area (Å²) in [5.41, 5.74) is 0.334. The van der Waals surface area contributed by atoms with Gasteiger partial charge in [0.1, 0.15) is 11.3 Å². The van der Waals surface area contributed by atoms with Crippen LogP contribution in [0, 0.1) is 0 Å². The highest BCUT2D eigenvalue weighted by atomic mass is 16.6. The van der Waals surface area contributed by atoms with Gasteiger partial charge >= 0.3 is 6.09 Å². The molecule has 1 amide bonds. The number of H-pyrrole nitrogens is 2. The molecular formula is C11H17N3O3. The molecule has 0 fully saturated rings. The lowest BCUT2D eigenvalue weighted by atomic mass is 10.1. The van der Waals surface area contributed by atoms with Crippen LogP contribution in [-0.4, -0.2) is 28.4 Å². The molecule has 6 heteroatoms. The van der Waals surface area contributed by atoms with Gasteiger partial charge in [-0.2, -0.15) is 0 Å². The zero-order valence-corrected chi connectivity index (χ0v) is 10.3. The summed E-state index contributed by atoms with van der Waals surface area (Å²) in [5, 5.41) is 5.28. The van der Waals surface area contributed by atoms with Crippen molar-refractivity contribution < 1.29 is 9.53 Å². The first-order valence-corrected chi connectivity index (χ1v) is 5.68. The van der Waals surface area contributed by atoms with E-state index in [9.17, 15) is 9.59 Å². The molecule has 0 aliphatic carbocycles. The van der Waals surface area contributed by atoms with Gasteiger partial charge in [-0.1, -0.05) is 0 Å². The molecule has 0 aromatic carbocycles. The van der Waals surface area contributed by atoms with Crippen LogP contribution in [-0.2, 0) is 11.2 Å². The number of fused-ring (bicyclic) bond motifs is 1. The molecule has 0 unspecified atom stereocenters. The molecule has 0 atom stereocenters. The number of aromatic amines is 2. The highest BCUT2D eigenvalue weighted by Gasteiger charge is 2.30. The standard InChI is InChI=1S/C11H17N3O3/c1-11(2,3)17-10(16)14-6-4-5-7-8(14)9(15)13-12-7/h4-6H2,1-3H3,(H2,12,13,15). The number of nitrogens with one attached hydrogen (secondary N) is 2. The molecule has 1 aromatic rings. The molecule has 17 heavy (non-hydrogen) atoms. The van der Waals surface area contributed by atoms with E-state index in [1.165, 1.54) is 4.90 Å². The minimum absolute atomic E-state index is 0.273. The van der Waals surface area contributed by atoms with Gasteiger partial charge in [-0.15, -0.1) is 0 Å². The number of carbonyl (C=O) groups is 1. The van der Waals surface area contributed by atoms with Gasteiger partial charge < -0.3 is 9.84 Å². The van der Waals surface area contributed by atoms with Gasteiger partial charge in [0.25, 0.3) is 5.56 Å². The number of anilines is 1. The smallest absolute Gasteiger partial charge is 0.415 e. The molecule has 1 aliphatic rings. The Labute approximate surface area is 98.9 Å². The largest absolute Gasteiger partial charge is 0.443 e. The van der Waals surface area contributed by atoms with Crippen molar-refractivity contribution in [2.45, 2.75) is 39.2 Å². The number of nitrogens with zero attached hydrogens (tertiary/aromatic N) is 1. The maximum atomic E-state index is 12.0. The van der Waals surface area contributed by atoms with Crippen LogP contribution in [0.3, 0.4) is 0 Å². The van der Waals surface area contributed by atoms with Crippen LogP contribution in [0.2, 0.25) is 0 Å². The van der Waals surface area contributed by atoms with Crippen molar-refractivity contribution in [3.05, 3.63) is 16.0 Å². The average molecular weight is 239 g/mol. The highest BCUT2D eigenvalue weighted by Crippen LogP contribution is 2.23. The Kier molecular flexibility index (Phi) is 2.73. The summed E-state index contributed by atoms with van der Waals surface area (Å²) in [4.78, 5) is 25.0. The number of hydrogen-bond acceptors (Lipinski definition) is 3. The van der Waals surface area contributed by atoms with Crippen LogP contribution in [0.25, 0.3) is 0 Å². The van der Waals surface area contributed by atoms with Gasteiger partial charge in [-0.3, -0.25) is 14.8 Å². The molecule has 2 heterocycles. The van der Waals surface area contributed by atoms with Gasteiger partial charge in [-0.25, -0.2) is 4.79 Å². The van der Waals surface area contributed by atoms with E-state index in [1.807, 2.05) is 0 Å². The predicted octanol–water partition coefficient (Wildman–Crippen LogP) is 1.39. The summed E-state index contributed by atoms with van der Waals surface area (Å²) >= 11 is 0. The van der Waals surface area contributed by atoms with E-state index in [0.717, 1.165) is 18.5 Å². The molecule has 1 aromatic heterocycles. The van der Waals surface area contributed by atoms with Crippen molar-refractivity contribution in [2.24, 2.45) is 0 Å².